The zero-order valence-corrected chi connectivity index (χ0v) is 10.7. The van der Waals surface area contributed by atoms with Crippen molar-refractivity contribution in [1.29, 1.82) is 0 Å². The maximum Gasteiger partial charge on any atom is 0.252 e. The predicted molar refractivity (Wildman–Crippen MR) is 71.8 cm³/mol. The summed E-state index contributed by atoms with van der Waals surface area (Å²) < 4.78 is 0. The molecule has 86 valence electrons. The Morgan fingerprint density at radius 2 is 1.88 bits per heavy atom. The van der Waals surface area contributed by atoms with Crippen molar-refractivity contribution < 1.29 is 4.79 Å². The van der Waals surface area contributed by atoms with Gasteiger partial charge in [0.25, 0.3) is 5.24 Å². The Labute approximate surface area is 110 Å². The molecular formula is C14H10Cl2O. The molecule has 0 aliphatic heterocycles. The van der Waals surface area contributed by atoms with Gasteiger partial charge in [-0.15, -0.1) is 0 Å². The van der Waals surface area contributed by atoms with E-state index in [0.29, 0.717) is 10.6 Å². The van der Waals surface area contributed by atoms with E-state index in [0.717, 1.165) is 16.7 Å². The lowest BCUT2D eigenvalue weighted by Crippen LogP contribution is -1.91. The number of hydrogen-bond donors (Lipinski definition) is 0. The van der Waals surface area contributed by atoms with Crippen molar-refractivity contribution in [2.45, 2.75) is 6.92 Å². The third-order valence-corrected chi connectivity index (χ3v) is 3.05. The molecule has 0 bridgehead atoms. The van der Waals surface area contributed by atoms with Crippen LogP contribution in [-0.4, -0.2) is 5.24 Å². The fraction of sp³-hybridized carbons (Fsp3) is 0.0714. The average Bonchev–Trinajstić information content (AvgIpc) is 2.29. The summed E-state index contributed by atoms with van der Waals surface area (Å²) in [7, 11) is 0. The molecule has 0 saturated heterocycles. The van der Waals surface area contributed by atoms with Crippen LogP contribution < -0.4 is 0 Å². The molecule has 0 saturated carbocycles. The van der Waals surface area contributed by atoms with Gasteiger partial charge < -0.3 is 0 Å². The number of rotatable bonds is 2. The van der Waals surface area contributed by atoms with Gasteiger partial charge in [-0.3, -0.25) is 4.79 Å². The molecule has 2 rings (SSSR count). The van der Waals surface area contributed by atoms with Crippen molar-refractivity contribution in [1.82, 2.24) is 0 Å². The first kappa shape index (κ1) is 12.2. The topological polar surface area (TPSA) is 17.1 Å². The molecule has 3 heteroatoms. The Hall–Kier alpha value is -1.31. The van der Waals surface area contributed by atoms with Gasteiger partial charge in [0, 0.05) is 10.6 Å². The minimum absolute atomic E-state index is 0.451. The van der Waals surface area contributed by atoms with E-state index in [2.05, 4.69) is 0 Å². The predicted octanol–water partition coefficient (Wildman–Crippen LogP) is 4.69. The molecule has 17 heavy (non-hydrogen) atoms. The highest BCUT2D eigenvalue weighted by Crippen LogP contribution is 2.27. The van der Waals surface area contributed by atoms with Crippen LogP contribution in [0.3, 0.4) is 0 Å². The minimum Gasteiger partial charge on any atom is -0.276 e. The molecule has 0 atom stereocenters. The SMILES string of the molecule is Cc1ccc(C(=O)Cl)cc1-c1cccc(Cl)c1. The van der Waals surface area contributed by atoms with Crippen molar-refractivity contribution in [3.63, 3.8) is 0 Å². The minimum atomic E-state index is -0.451. The third kappa shape index (κ3) is 2.68. The van der Waals surface area contributed by atoms with Gasteiger partial charge in [0.1, 0.15) is 0 Å². The van der Waals surface area contributed by atoms with Crippen molar-refractivity contribution in [3.8, 4) is 11.1 Å². The number of benzene rings is 2. The molecule has 0 aliphatic rings. The summed E-state index contributed by atoms with van der Waals surface area (Å²) in [5, 5.41) is 0.220. The number of hydrogen-bond acceptors (Lipinski definition) is 1. The van der Waals surface area contributed by atoms with Crippen molar-refractivity contribution in [3.05, 3.63) is 58.6 Å². The smallest absolute Gasteiger partial charge is 0.252 e. The molecule has 0 radical (unpaired) electrons. The molecule has 0 fully saturated rings. The monoisotopic (exact) mass is 264 g/mol. The van der Waals surface area contributed by atoms with E-state index in [-0.39, 0.29) is 0 Å². The maximum atomic E-state index is 11.1. The molecule has 2 aromatic rings. The van der Waals surface area contributed by atoms with Gasteiger partial charge >= 0.3 is 0 Å². The summed E-state index contributed by atoms with van der Waals surface area (Å²) in [4.78, 5) is 11.1. The van der Waals surface area contributed by atoms with Crippen LogP contribution >= 0.6 is 23.2 Å². The molecular weight excluding hydrogens is 255 g/mol. The molecule has 0 aromatic heterocycles. The van der Waals surface area contributed by atoms with Crippen molar-refractivity contribution >= 4 is 28.4 Å². The van der Waals surface area contributed by atoms with E-state index < -0.39 is 5.24 Å². The van der Waals surface area contributed by atoms with Gasteiger partial charge in [-0.2, -0.15) is 0 Å². The largest absolute Gasteiger partial charge is 0.276 e. The summed E-state index contributed by atoms with van der Waals surface area (Å²) in [5.41, 5.74) is 3.52. The fourth-order valence-corrected chi connectivity index (χ4v) is 2.02. The van der Waals surface area contributed by atoms with Crippen molar-refractivity contribution in [2.75, 3.05) is 0 Å². The van der Waals surface area contributed by atoms with Gasteiger partial charge in [-0.05, 0) is 59.5 Å². The lowest BCUT2D eigenvalue weighted by atomic mass is 9.98. The second kappa shape index (κ2) is 4.91. The van der Waals surface area contributed by atoms with Crippen LogP contribution in [0.1, 0.15) is 15.9 Å². The first-order chi connectivity index (χ1) is 8.08. The Balaban J connectivity index is 2.58. The summed E-state index contributed by atoms with van der Waals surface area (Å²) in [6.07, 6.45) is 0. The van der Waals surface area contributed by atoms with Gasteiger partial charge in [0.2, 0.25) is 0 Å². The first-order valence-electron chi connectivity index (χ1n) is 5.14. The second-order valence-electron chi connectivity index (χ2n) is 3.81. The molecule has 0 amide bonds. The molecule has 0 aliphatic carbocycles. The van der Waals surface area contributed by atoms with Crippen LogP contribution in [0.2, 0.25) is 5.02 Å². The standard InChI is InChI=1S/C14H10Cl2O/c1-9-5-6-11(14(16)17)8-13(9)10-3-2-4-12(15)7-10/h2-8H,1H3. The van der Waals surface area contributed by atoms with Crippen LogP contribution in [0.4, 0.5) is 0 Å². The molecule has 1 nitrogen and oxygen atoms in total. The maximum absolute atomic E-state index is 11.1. The number of halogens is 2. The lowest BCUT2D eigenvalue weighted by Gasteiger charge is -2.07. The normalized spacial score (nSPS) is 10.3. The molecule has 0 heterocycles. The van der Waals surface area contributed by atoms with Gasteiger partial charge in [-0.25, -0.2) is 0 Å². The Kier molecular flexibility index (Phi) is 3.51. The van der Waals surface area contributed by atoms with Crippen LogP contribution in [0.5, 0.6) is 0 Å². The zero-order valence-electron chi connectivity index (χ0n) is 9.21. The highest BCUT2D eigenvalue weighted by atomic mass is 35.5. The Morgan fingerprint density at radius 1 is 1.12 bits per heavy atom. The second-order valence-corrected chi connectivity index (χ2v) is 4.59. The van der Waals surface area contributed by atoms with Gasteiger partial charge in [-0.1, -0.05) is 29.8 Å². The van der Waals surface area contributed by atoms with E-state index >= 15 is 0 Å². The lowest BCUT2D eigenvalue weighted by molar-refractivity contribution is 0.108. The fourth-order valence-electron chi connectivity index (χ4n) is 1.71. The molecule has 0 unspecified atom stereocenters. The van der Waals surface area contributed by atoms with E-state index in [1.807, 2.05) is 37.3 Å². The van der Waals surface area contributed by atoms with E-state index in [4.69, 9.17) is 23.2 Å². The van der Waals surface area contributed by atoms with Gasteiger partial charge in [0.15, 0.2) is 0 Å². The summed E-state index contributed by atoms with van der Waals surface area (Å²) in [6.45, 7) is 1.98. The summed E-state index contributed by atoms with van der Waals surface area (Å²) in [6, 6.07) is 12.9. The summed E-state index contributed by atoms with van der Waals surface area (Å²) >= 11 is 11.4. The van der Waals surface area contributed by atoms with Crippen LogP contribution in [-0.2, 0) is 0 Å². The number of carbonyl (C=O) groups excluding carboxylic acids is 1. The van der Waals surface area contributed by atoms with Crippen LogP contribution in [0, 0.1) is 6.92 Å². The zero-order chi connectivity index (χ0) is 12.4. The van der Waals surface area contributed by atoms with Crippen LogP contribution in [0.25, 0.3) is 11.1 Å². The Bertz CT molecular complexity index is 576. The highest BCUT2D eigenvalue weighted by molar-refractivity contribution is 6.67. The van der Waals surface area contributed by atoms with E-state index in [1.165, 1.54) is 0 Å². The highest BCUT2D eigenvalue weighted by Gasteiger charge is 2.07. The molecule has 0 N–H and O–H groups in total. The average molecular weight is 265 g/mol. The van der Waals surface area contributed by atoms with Crippen LogP contribution in [0.15, 0.2) is 42.5 Å². The van der Waals surface area contributed by atoms with Crippen molar-refractivity contribution in [2.24, 2.45) is 0 Å². The molecule has 0 spiro atoms. The Morgan fingerprint density at radius 3 is 2.53 bits per heavy atom. The number of aryl methyl sites for hydroxylation is 1. The van der Waals surface area contributed by atoms with E-state index in [9.17, 15) is 4.79 Å². The number of carbonyl (C=O) groups is 1. The summed E-state index contributed by atoms with van der Waals surface area (Å²) in [5.74, 6) is 0. The molecule has 2 aromatic carbocycles. The van der Waals surface area contributed by atoms with Gasteiger partial charge in [0.05, 0.1) is 0 Å². The quantitative estimate of drug-likeness (QED) is 0.719. The third-order valence-electron chi connectivity index (χ3n) is 2.60. The van der Waals surface area contributed by atoms with E-state index in [1.54, 1.807) is 12.1 Å². The first-order valence-corrected chi connectivity index (χ1v) is 5.90.